The molecular formula is C19H22F3N3O2S. The highest BCUT2D eigenvalue weighted by Gasteiger charge is 2.43. The molecule has 0 amide bonds. The first-order valence-corrected chi connectivity index (χ1v) is 10.00. The summed E-state index contributed by atoms with van der Waals surface area (Å²) in [5.41, 5.74) is -2.82. The largest absolute Gasteiger partial charge is 0.483 e. The molecular weight excluding hydrogens is 391 g/mol. The molecule has 1 unspecified atom stereocenters. The molecule has 5 nitrogen and oxygen atoms in total. The average Bonchev–Trinajstić information content (AvgIpc) is 2.62. The fourth-order valence-electron chi connectivity index (χ4n) is 2.24. The third-order valence-corrected chi connectivity index (χ3v) is 5.65. The van der Waals surface area contributed by atoms with Crippen LogP contribution in [0.4, 0.5) is 18.9 Å². The lowest BCUT2D eigenvalue weighted by atomic mass is 10.1. The van der Waals surface area contributed by atoms with E-state index < -0.39 is 20.1 Å². The molecule has 152 valence electrons. The van der Waals surface area contributed by atoms with Gasteiger partial charge in [-0.15, -0.1) is 0 Å². The van der Waals surface area contributed by atoms with Gasteiger partial charge in [-0.2, -0.15) is 13.2 Å². The molecule has 0 saturated carbocycles. The number of ether oxygens (including phenoxy) is 1. The van der Waals surface area contributed by atoms with Crippen LogP contribution in [0.5, 0.6) is 11.5 Å². The molecule has 0 spiro atoms. The molecule has 2 aromatic rings. The maximum Gasteiger partial charge on any atom is 0.483 e. The van der Waals surface area contributed by atoms with E-state index in [2.05, 4.69) is 4.99 Å². The number of benzene rings is 2. The van der Waals surface area contributed by atoms with Crippen molar-refractivity contribution in [1.29, 1.82) is 4.78 Å². The SMILES string of the molecule is CCN(C)/C=N\c1cc(C)c(Oc2cccc(S(=N)(=O)C(F)(F)F)c2)cc1C. The van der Waals surface area contributed by atoms with Crippen LogP contribution in [-0.4, -0.2) is 34.5 Å². The van der Waals surface area contributed by atoms with Crippen molar-refractivity contribution in [2.45, 2.75) is 31.2 Å². The van der Waals surface area contributed by atoms with Crippen LogP contribution in [0, 0.1) is 18.6 Å². The first-order chi connectivity index (χ1) is 13.0. The quantitative estimate of drug-likeness (QED) is 0.493. The van der Waals surface area contributed by atoms with E-state index in [0.29, 0.717) is 5.75 Å². The highest BCUT2D eigenvalue weighted by Crippen LogP contribution is 2.35. The number of aliphatic imine (C=N–C) groups is 1. The highest BCUT2D eigenvalue weighted by atomic mass is 32.2. The molecule has 9 heteroatoms. The Morgan fingerprint density at radius 2 is 1.89 bits per heavy atom. The van der Waals surface area contributed by atoms with Crippen molar-refractivity contribution in [2.75, 3.05) is 13.6 Å². The molecule has 0 heterocycles. The molecule has 0 bridgehead atoms. The minimum atomic E-state index is -5.15. The van der Waals surface area contributed by atoms with E-state index in [9.17, 15) is 17.4 Å². The summed E-state index contributed by atoms with van der Waals surface area (Å²) in [6.45, 7) is 6.46. The second-order valence-corrected chi connectivity index (χ2v) is 8.35. The van der Waals surface area contributed by atoms with Crippen molar-refractivity contribution in [1.82, 2.24) is 4.90 Å². The van der Waals surface area contributed by atoms with E-state index in [1.165, 1.54) is 12.1 Å². The Bertz CT molecular complexity index is 986. The lowest BCUT2D eigenvalue weighted by molar-refractivity contribution is -0.0406. The normalized spacial score (nSPS) is 14.1. The Balaban J connectivity index is 2.33. The van der Waals surface area contributed by atoms with E-state index in [1.54, 1.807) is 19.3 Å². The van der Waals surface area contributed by atoms with Crippen LogP contribution in [-0.2, 0) is 9.73 Å². The van der Waals surface area contributed by atoms with Gasteiger partial charge in [-0.05, 0) is 62.2 Å². The zero-order valence-corrected chi connectivity index (χ0v) is 16.8. The van der Waals surface area contributed by atoms with Crippen LogP contribution in [0.15, 0.2) is 46.3 Å². The lowest BCUT2D eigenvalue weighted by Gasteiger charge is -2.15. The van der Waals surface area contributed by atoms with E-state index >= 15 is 0 Å². The summed E-state index contributed by atoms with van der Waals surface area (Å²) in [4.78, 5) is 5.69. The Kier molecular flexibility index (Phi) is 6.38. The average molecular weight is 413 g/mol. The predicted molar refractivity (Wildman–Crippen MR) is 104 cm³/mol. The third kappa shape index (κ3) is 4.83. The van der Waals surface area contributed by atoms with E-state index in [0.717, 1.165) is 35.5 Å². The van der Waals surface area contributed by atoms with Crippen LogP contribution in [0.25, 0.3) is 0 Å². The van der Waals surface area contributed by atoms with Gasteiger partial charge in [0.15, 0.2) is 9.73 Å². The van der Waals surface area contributed by atoms with Gasteiger partial charge in [-0.25, -0.2) is 14.0 Å². The van der Waals surface area contributed by atoms with E-state index in [1.807, 2.05) is 31.9 Å². The van der Waals surface area contributed by atoms with Crippen LogP contribution >= 0.6 is 0 Å². The summed E-state index contributed by atoms with van der Waals surface area (Å²) in [5, 5.41) is 0. The number of nitrogens with zero attached hydrogens (tertiary/aromatic N) is 2. The van der Waals surface area contributed by atoms with Crippen molar-refractivity contribution in [2.24, 2.45) is 4.99 Å². The van der Waals surface area contributed by atoms with Crippen molar-refractivity contribution in [3.63, 3.8) is 0 Å². The fraction of sp³-hybridized carbons (Fsp3) is 0.316. The third-order valence-electron chi connectivity index (χ3n) is 4.08. The number of halogens is 3. The molecule has 0 radical (unpaired) electrons. The molecule has 0 aliphatic rings. The first kappa shape index (κ1) is 21.7. The van der Waals surface area contributed by atoms with Gasteiger partial charge < -0.3 is 9.64 Å². The Morgan fingerprint density at radius 1 is 1.21 bits per heavy atom. The topological polar surface area (TPSA) is 65.8 Å². The van der Waals surface area contributed by atoms with Gasteiger partial charge in [0.1, 0.15) is 11.5 Å². The Hall–Kier alpha value is -2.55. The van der Waals surface area contributed by atoms with Crippen molar-refractivity contribution >= 4 is 21.8 Å². The van der Waals surface area contributed by atoms with Gasteiger partial charge >= 0.3 is 5.51 Å². The Morgan fingerprint density at radius 3 is 2.50 bits per heavy atom. The predicted octanol–water partition coefficient (Wildman–Crippen LogP) is 5.63. The molecule has 1 atom stereocenters. The number of hydrogen-bond acceptors (Lipinski definition) is 4. The number of aryl methyl sites for hydroxylation is 2. The second-order valence-electron chi connectivity index (χ2n) is 6.30. The standard InChI is InChI=1S/C19H22F3N3O2S/c1-5-25(4)12-24-17-9-14(3)18(10-13(17)2)27-15-7-6-8-16(11-15)28(23,26)19(20,21)22/h6-12,23H,5H2,1-4H3/b24-12-. The summed E-state index contributed by atoms with van der Waals surface area (Å²) >= 11 is 0. The van der Waals surface area contributed by atoms with E-state index in [4.69, 9.17) is 9.52 Å². The first-order valence-electron chi connectivity index (χ1n) is 8.44. The van der Waals surface area contributed by atoms with Gasteiger partial charge in [-0.1, -0.05) is 6.07 Å². The molecule has 0 aromatic heterocycles. The molecule has 0 saturated heterocycles. The van der Waals surface area contributed by atoms with Gasteiger partial charge in [0.25, 0.3) is 0 Å². The summed E-state index contributed by atoms with van der Waals surface area (Å²) in [6.07, 6.45) is 1.72. The van der Waals surface area contributed by atoms with Gasteiger partial charge in [0.2, 0.25) is 0 Å². The minimum Gasteiger partial charge on any atom is -0.457 e. The lowest BCUT2D eigenvalue weighted by Crippen LogP contribution is -2.21. The van der Waals surface area contributed by atoms with Crippen LogP contribution in [0.1, 0.15) is 18.1 Å². The number of hydrogen-bond donors (Lipinski definition) is 1. The zero-order chi connectivity index (χ0) is 21.1. The minimum absolute atomic E-state index is 0.0752. The number of rotatable bonds is 6. The van der Waals surface area contributed by atoms with Gasteiger partial charge in [-0.3, -0.25) is 0 Å². The van der Waals surface area contributed by atoms with Crippen LogP contribution in [0.3, 0.4) is 0 Å². The zero-order valence-electron chi connectivity index (χ0n) is 16.0. The smallest absolute Gasteiger partial charge is 0.457 e. The monoisotopic (exact) mass is 413 g/mol. The summed E-state index contributed by atoms with van der Waals surface area (Å²) in [6, 6.07) is 8.29. The van der Waals surface area contributed by atoms with Crippen molar-refractivity contribution in [3.05, 3.63) is 47.5 Å². The number of alkyl halides is 3. The van der Waals surface area contributed by atoms with Crippen LogP contribution < -0.4 is 4.74 Å². The fourth-order valence-corrected chi connectivity index (χ4v) is 3.06. The molecule has 2 rings (SSSR count). The molecule has 28 heavy (non-hydrogen) atoms. The van der Waals surface area contributed by atoms with Gasteiger partial charge in [0.05, 0.1) is 16.9 Å². The summed E-state index contributed by atoms with van der Waals surface area (Å²) < 4.78 is 63.3. The molecule has 2 aromatic carbocycles. The molecule has 1 N–H and O–H groups in total. The number of nitrogens with one attached hydrogen (secondary N) is 1. The highest BCUT2D eigenvalue weighted by molar-refractivity contribution is 7.93. The maximum atomic E-state index is 12.9. The molecule has 0 fully saturated rings. The van der Waals surface area contributed by atoms with Crippen LogP contribution in [0.2, 0.25) is 0 Å². The van der Waals surface area contributed by atoms with Crippen molar-refractivity contribution < 1.29 is 22.1 Å². The van der Waals surface area contributed by atoms with Crippen molar-refractivity contribution in [3.8, 4) is 11.5 Å². The Labute approximate surface area is 162 Å². The summed E-state index contributed by atoms with van der Waals surface area (Å²) in [7, 11) is -3.03. The summed E-state index contributed by atoms with van der Waals surface area (Å²) in [5.74, 6) is 0.520. The molecule has 0 aliphatic carbocycles. The van der Waals surface area contributed by atoms with E-state index in [-0.39, 0.29) is 5.75 Å². The van der Waals surface area contributed by atoms with Gasteiger partial charge in [0, 0.05) is 13.6 Å². The second kappa shape index (κ2) is 8.22. The molecule has 0 aliphatic heterocycles. The maximum absolute atomic E-state index is 12.9.